The zero-order chi connectivity index (χ0) is 16.8. The molecule has 0 aromatic rings. The fourth-order valence-corrected chi connectivity index (χ4v) is 3.06. The molecule has 4 nitrogen and oxygen atoms in total. The Bertz CT molecular complexity index is 323. The van der Waals surface area contributed by atoms with Gasteiger partial charge in [-0.3, -0.25) is 9.59 Å². The minimum absolute atomic E-state index is 0.0558. The summed E-state index contributed by atoms with van der Waals surface area (Å²) < 4.78 is 5.54. The molecule has 1 aliphatic carbocycles. The van der Waals surface area contributed by atoms with Crippen molar-refractivity contribution in [2.75, 3.05) is 6.54 Å². The van der Waals surface area contributed by atoms with E-state index in [-0.39, 0.29) is 24.4 Å². The molecule has 0 radical (unpaired) electrons. The Kier molecular flexibility index (Phi) is 11.6. The van der Waals surface area contributed by atoms with Crippen LogP contribution in [0.25, 0.3) is 0 Å². The Morgan fingerprint density at radius 2 is 1.57 bits per heavy atom. The lowest BCUT2D eigenvalue weighted by Gasteiger charge is -2.20. The number of ether oxygens (including phenoxy) is 1. The molecule has 1 N–H and O–H groups in total. The van der Waals surface area contributed by atoms with E-state index < -0.39 is 0 Å². The maximum atomic E-state index is 11.8. The van der Waals surface area contributed by atoms with E-state index in [2.05, 4.69) is 12.2 Å². The predicted molar refractivity (Wildman–Crippen MR) is 93.2 cm³/mol. The van der Waals surface area contributed by atoms with Crippen molar-refractivity contribution >= 4 is 11.9 Å². The van der Waals surface area contributed by atoms with Crippen LogP contribution in [0.5, 0.6) is 0 Å². The maximum Gasteiger partial charge on any atom is 0.307 e. The molecule has 1 rings (SSSR count). The number of carbonyl (C=O) groups is 2. The first kappa shape index (κ1) is 20.0. The van der Waals surface area contributed by atoms with Crippen molar-refractivity contribution in [1.82, 2.24) is 5.32 Å². The van der Waals surface area contributed by atoms with Crippen LogP contribution in [0.2, 0.25) is 0 Å². The predicted octanol–water partition coefficient (Wildman–Crippen LogP) is 4.51. The average molecular weight is 325 g/mol. The van der Waals surface area contributed by atoms with Crippen LogP contribution in [0.4, 0.5) is 0 Å². The van der Waals surface area contributed by atoms with Crippen molar-refractivity contribution in [3.63, 3.8) is 0 Å². The van der Waals surface area contributed by atoms with Crippen LogP contribution in [0.1, 0.15) is 96.8 Å². The van der Waals surface area contributed by atoms with Crippen LogP contribution in [-0.2, 0) is 14.3 Å². The van der Waals surface area contributed by atoms with Crippen LogP contribution in [0.15, 0.2) is 0 Å². The van der Waals surface area contributed by atoms with Gasteiger partial charge in [-0.1, -0.05) is 51.9 Å². The normalized spacial score (nSPS) is 16.4. The zero-order valence-corrected chi connectivity index (χ0v) is 14.9. The fraction of sp³-hybridized carbons (Fsp3) is 0.895. The summed E-state index contributed by atoms with van der Waals surface area (Å²) >= 11 is 0. The molecule has 23 heavy (non-hydrogen) atoms. The first-order valence-electron chi connectivity index (χ1n) is 9.68. The summed E-state index contributed by atoms with van der Waals surface area (Å²) in [6.45, 7) is 2.59. The van der Waals surface area contributed by atoms with Gasteiger partial charge in [-0.05, 0) is 32.1 Å². The summed E-state index contributed by atoms with van der Waals surface area (Å²) in [5.74, 6) is -0.112. The van der Waals surface area contributed by atoms with Gasteiger partial charge in [-0.25, -0.2) is 0 Å². The van der Waals surface area contributed by atoms with Crippen LogP contribution in [0.3, 0.4) is 0 Å². The summed E-state index contributed by atoms with van der Waals surface area (Å²) in [4.78, 5) is 23.5. The van der Waals surface area contributed by atoms with Gasteiger partial charge in [0.05, 0.1) is 6.42 Å². The molecule has 0 unspecified atom stereocenters. The van der Waals surface area contributed by atoms with Crippen LogP contribution < -0.4 is 5.32 Å². The van der Waals surface area contributed by atoms with Crippen molar-refractivity contribution in [1.29, 1.82) is 0 Å². The summed E-state index contributed by atoms with van der Waals surface area (Å²) in [6, 6.07) is 0. The highest BCUT2D eigenvalue weighted by Gasteiger charge is 2.15. The summed E-state index contributed by atoms with van der Waals surface area (Å²) in [5.41, 5.74) is 0. The van der Waals surface area contributed by atoms with E-state index in [1.54, 1.807) is 0 Å². The lowest BCUT2D eigenvalue weighted by atomic mass is 9.98. The molecule has 1 saturated carbocycles. The fourth-order valence-electron chi connectivity index (χ4n) is 3.06. The van der Waals surface area contributed by atoms with Gasteiger partial charge in [0.15, 0.2) is 0 Å². The molecule has 0 heterocycles. The molecule has 1 fully saturated rings. The molecule has 134 valence electrons. The molecule has 0 saturated heterocycles. The number of hydrogen-bond donors (Lipinski definition) is 1. The second-order valence-electron chi connectivity index (χ2n) is 6.72. The van der Waals surface area contributed by atoms with Gasteiger partial charge in [0.25, 0.3) is 0 Å². The highest BCUT2D eigenvalue weighted by atomic mass is 16.5. The van der Waals surface area contributed by atoms with Crippen LogP contribution in [0, 0.1) is 0 Å². The minimum Gasteiger partial charge on any atom is -0.462 e. The van der Waals surface area contributed by atoms with E-state index in [0.29, 0.717) is 13.0 Å². The van der Waals surface area contributed by atoms with Crippen LogP contribution in [-0.4, -0.2) is 24.5 Å². The minimum atomic E-state index is -0.168. The lowest BCUT2D eigenvalue weighted by molar-refractivity contribution is -0.149. The summed E-state index contributed by atoms with van der Waals surface area (Å²) in [5, 5.41) is 2.82. The molecule has 0 aromatic carbocycles. The van der Waals surface area contributed by atoms with Crippen molar-refractivity contribution in [2.24, 2.45) is 0 Å². The standard InChI is InChI=1S/C19H35NO3/c1-2-3-4-6-11-14-18(21)20-16-15-19(22)23-17-12-9-7-5-8-10-13-17/h17H,2-16H2,1H3,(H,20,21). The van der Waals surface area contributed by atoms with Crippen molar-refractivity contribution in [3.8, 4) is 0 Å². The third kappa shape index (κ3) is 11.2. The van der Waals surface area contributed by atoms with Gasteiger partial charge in [-0.2, -0.15) is 0 Å². The highest BCUT2D eigenvalue weighted by Crippen LogP contribution is 2.19. The van der Waals surface area contributed by atoms with Gasteiger partial charge >= 0.3 is 5.97 Å². The third-order valence-corrected chi connectivity index (χ3v) is 4.51. The van der Waals surface area contributed by atoms with Crippen molar-refractivity contribution in [2.45, 2.75) is 103 Å². The number of esters is 1. The Morgan fingerprint density at radius 3 is 2.26 bits per heavy atom. The Balaban J connectivity index is 2.02. The monoisotopic (exact) mass is 325 g/mol. The third-order valence-electron chi connectivity index (χ3n) is 4.51. The second-order valence-corrected chi connectivity index (χ2v) is 6.72. The number of hydrogen-bond acceptors (Lipinski definition) is 3. The van der Waals surface area contributed by atoms with Gasteiger partial charge in [0.2, 0.25) is 5.91 Å². The Hall–Kier alpha value is -1.06. The first-order chi connectivity index (χ1) is 11.2. The van der Waals surface area contributed by atoms with E-state index in [4.69, 9.17) is 4.74 Å². The molecule has 0 aliphatic heterocycles. The van der Waals surface area contributed by atoms with Crippen LogP contribution >= 0.6 is 0 Å². The molecular formula is C19H35NO3. The quantitative estimate of drug-likeness (QED) is 0.475. The molecule has 0 spiro atoms. The largest absolute Gasteiger partial charge is 0.462 e. The van der Waals surface area contributed by atoms with E-state index in [9.17, 15) is 9.59 Å². The molecular weight excluding hydrogens is 290 g/mol. The first-order valence-corrected chi connectivity index (χ1v) is 9.68. The maximum absolute atomic E-state index is 11.8. The highest BCUT2D eigenvalue weighted by molar-refractivity contribution is 5.77. The van der Waals surface area contributed by atoms with Gasteiger partial charge in [-0.15, -0.1) is 0 Å². The lowest BCUT2D eigenvalue weighted by Crippen LogP contribution is -2.27. The number of rotatable bonds is 10. The smallest absolute Gasteiger partial charge is 0.307 e. The SMILES string of the molecule is CCCCCCCC(=O)NCCC(=O)OC1CCCCCCC1. The second kappa shape index (κ2) is 13.4. The Labute approximate surface area is 141 Å². The summed E-state index contributed by atoms with van der Waals surface area (Å²) in [6.07, 6.45) is 14.8. The van der Waals surface area contributed by atoms with Gasteiger partial charge in [0, 0.05) is 13.0 Å². The number of nitrogens with one attached hydrogen (secondary N) is 1. The Morgan fingerprint density at radius 1 is 0.913 bits per heavy atom. The van der Waals surface area contributed by atoms with Crippen molar-refractivity contribution < 1.29 is 14.3 Å². The van der Waals surface area contributed by atoms with E-state index >= 15 is 0 Å². The molecule has 0 bridgehead atoms. The topological polar surface area (TPSA) is 55.4 Å². The molecule has 1 aliphatic rings. The molecule has 0 atom stereocenters. The van der Waals surface area contributed by atoms with Crippen molar-refractivity contribution in [3.05, 3.63) is 0 Å². The number of amides is 1. The summed E-state index contributed by atoms with van der Waals surface area (Å²) in [7, 11) is 0. The zero-order valence-electron chi connectivity index (χ0n) is 14.9. The van der Waals surface area contributed by atoms with Gasteiger partial charge < -0.3 is 10.1 Å². The molecule has 1 amide bonds. The number of carbonyl (C=O) groups excluding carboxylic acids is 2. The van der Waals surface area contributed by atoms with Gasteiger partial charge in [0.1, 0.15) is 6.10 Å². The average Bonchev–Trinajstić information content (AvgIpc) is 2.49. The molecule has 4 heteroatoms. The number of unbranched alkanes of at least 4 members (excludes halogenated alkanes) is 4. The van der Waals surface area contributed by atoms with E-state index in [1.807, 2.05) is 0 Å². The van der Waals surface area contributed by atoms with E-state index in [1.165, 1.54) is 38.5 Å². The molecule has 0 aromatic heterocycles. The van der Waals surface area contributed by atoms with E-state index in [0.717, 1.165) is 38.5 Å².